The fraction of sp³-hybridized carbons (Fsp3) is 0.429. The van der Waals surface area contributed by atoms with Crippen LogP contribution in [0.1, 0.15) is 24.5 Å². The molecule has 1 atom stereocenters. The number of aryl methyl sites for hydroxylation is 1. The highest BCUT2D eigenvalue weighted by atomic mass is 16.5. The lowest BCUT2D eigenvalue weighted by Crippen LogP contribution is -2.34. The number of methoxy groups -OCH3 is 1. The van der Waals surface area contributed by atoms with E-state index in [1.54, 1.807) is 14.0 Å². The van der Waals surface area contributed by atoms with Gasteiger partial charge >= 0.3 is 5.97 Å². The second-order valence-corrected chi connectivity index (χ2v) is 4.33. The maximum Gasteiger partial charge on any atom is 0.316 e. The number of amides is 1. The Morgan fingerprint density at radius 2 is 2.11 bits per heavy atom. The Morgan fingerprint density at radius 3 is 2.63 bits per heavy atom. The number of nitrogens with one attached hydrogen (secondary N) is 1. The summed E-state index contributed by atoms with van der Waals surface area (Å²) < 4.78 is 5.20. The first-order valence-corrected chi connectivity index (χ1v) is 6.13. The summed E-state index contributed by atoms with van der Waals surface area (Å²) in [5.41, 5.74) is 1.88. The van der Waals surface area contributed by atoms with Crippen LogP contribution in [-0.4, -0.2) is 24.1 Å². The number of carbonyl (C=O) groups is 2. The highest BCUT2D eigenvalue weighted by Crippen LogP contribution is 2.19. The fourth-order valence-corrected chi connectivity index (χ4v) is 1.82. The number of carboxylic acids is 1. The molecule has 0 aliphatic heterocycles. The molecule has 0 aliphatic carbocycles. The van der Waals surface area contributed by atoms with Crippen molar-refractivity contribution >= 4 is 11.9 Å². The summed E-state index contributed by atoms with van der Waals surface area (Å²) in [5, 5.41) is 11.5. The molecular formula is C14H19NO4. The number of carboxylic acid groups (broad SMARTS) is 1. The molecule has 0 fully saturated rings. The van der Waals surface area contributed by atoms with Gasteiger partial charge in [-0.25, -0.2) is 0 Å². The molecule has 0 aliphatic rings. The lowest BCUT2D eigenvalue weighted by atomic mass is 10.1. The molecule has 0 saturated carbocycles. The van der Waals surface area contributed by atoms with Gasteiger partial charge in [-0.05, 0) is 19.4 Å². The molecule has 2 N–H and O–H groups in total. The number of ether oxygens (including phenoxy) is 1. The van der Waals surface area contributed by atoms with Gasteiger partial charge < -0.3 is 15.2 Å². The highest BCUT2D eigenvalue weighted by molar-refractivity contribution is 5.96. The van der Waals surface area contributed by atoms with E-state index in [1.165, 1.54) is 0 Å². The molecule has 0 aromatic heterocycles. The third-order valence-corrected chi connectivity index (χ3v) is 2.91. The normalized spacial score (nSPS) is 11.7. The smallest absolute Gasteiger partial charge is 0.316 e. The Labute approximate surface area is 112 Å². The zero-order chi connectivity index (χ0) is 14.4. The topological polar surface area (TPSA) is 75.6 Å². The lowest BCUT2D eigenvalue weighted by Gasteiger charge is -2.13. The monoisotopic (exact) mass is 265 g/mol. The second kappa shape index (κ2) is 6.78. The van der Waals surface area contributed by atoms with E-state index >= 15 is 0 Å². The molecule has 1 aromatic rings. The maximum atomic E-state index is 11.7. The Morgan fingerprint density at radius 1 is 1.42 bits per heavy atom. The van der Waals surface area contributed by atoms with Crippen LogP contribution in [0.4, 0.5) is 0 Å². The third kappa shape index (κ3) is 3.98. The predicted octanol–water partition coefficient (Wildman–Crippen LogP) is 1.73. The number of aliphatic carboxylic acids is 1. The number of hydrogen-bond acceptors (Lipinski definition) is 3. The number of carbonyl (C=O) groups excluding carboxylic acids is 1. The van der Waals surface area contributed by atoms with Crippen molar-refractivity contribution in [3.8, 4) is 5.75 Å². The van der Waals surface area contributed by atoms with Crippen LogP contribution in [0.3, 0.4) is 0 Å². The molecule has 1 unspecified atom stereocenters. The first-order chi connectivity index (χ1) is 8.99. The van der Waals surface area contributed by atoms with Gasteiger partial charge in [0.2, 0.25) is 5.91 Å². The Balaban J connectivity index is 2.73. The first kappa shape index (κ1) is 15.0. The van der Waals surface area contributed by atoms with Gasteiger partial charge in [0, 0.05) is 12.1 Å². The average Bonchev–Trinajstić information content (AvgIpc) is 2.37. The largest absolute Gasteiger partial charge is 0.496 e. The zero-order valence-electron chi connectivity index (χ0n) is 11.4. The van der Waals surface area contributed by atoms with Crippen LogP contribution in [0.15, 0.2) is 18.2 Å². The van der Waals surface area contributed by atoms with Crippen LogP contribution < -0.4 is 10.1 Å². The van der Waals surface area contributed by atoms with Gasteiger partial charge in [-0.2, -0.15) is 0 Å². The minimum absolute atomic E-state index is 0.257. The van der Waals surface area contributed by atoms with Gasteiger partial charge in [-0.1, -0.05) is 24.6 Å². The van der Waals surface area contributed by atoms with Crippen LogP contribution in [0.5, 0.6) is 5.75 Å². The molecule has 1 rings (SSSR count). The predicted molar refractivity (Wildman–Crippen MR) is 71.0 cm³/mol. The van der Waals surface area contributed by atoms with Crippen LogP contribution >= 0.6 is 0 Å². The van der Waals surface area contributed by atoms with Crippen LogP contribution in [-0.2, 0) is 16.1 Å². The summed E-state index contributed by atoms with van der Waals surface area (Å²) in [6.45, 7) is 3.87. The number of benzene rings is 1. The summed E-state index contributed by atoms with van der Waals surface area (Å²) >= 11 is 0. The van der Waals surface area contributed by atoms with Gasteiger partial charge in [0.15, 0.2) is 0 Å². The van der Waals surface area contributed by atoms with Crippen molar-refractivity contribution in [1.82, 2.24) is 5.32 Å². The van der Waals surface area contributed by atoms with Crippen LogP contribution in [0.25, 0.3) is 0 Å². The second-order valence-electron chi connectivity index (χ2n) is 4.33. The van der Waals surface area contributed by atoms with Gasteiger partial charge in [0.05, 0.1) is 7.11 Å². The van der Waals surface area contributed by atoms with E-state index in [2.05, 4.69) is 5.32 Å². The quantitative estimate of drug-likeness (QED) is 0.768. The summed E-state index contributed by atoms with van der Waals surface area (Å²) in [6, 6.07) is 5.64. The molecule has 19 heavy (non-hydrogen) atoms. The van der Waals surface area contributed by atoms with Crippen molar-refractivity contribution < 1.29 is 19.4 Å². The summed E-state index contributed by atoms with van der Waals surface area (Å²) in [7, 11) is 1.56. The van der Waals surface area contributed by atoms with Crippen molar-refractivity contribution in [2.24, 2.45) is 5.92 Å². The molecule has 104 valence electrons. The van der Waals surface area contributed by atoms with Crippen molar-refractivity contribution in [2.75, 3.05) is 7.11 Å². The van der Waals surface area contributed by atoms with E-state index in [0.29, 0.717) is 5.75 Å². The van der Waals surface area contributed by atoms with Gasteiger partial charge in [-0.15, -0.1) is 0 Å². The third-order valence-electron chi connectivity index (χ3n) is 2.91. The molecule has 1 aromatic carbocycles. The minimum Gasteiger partial charge on any atom is -0.496 e. The van der Waals surface area contributed by atoms with E-state index in [1.807, 2.05) is 25.1 Å². The number of hydrogen-bond donors (Lipinski definition) is 2. The molecule has 5 heteroatoms. The molecule has 0 radical (unpaired) electrons. The van der Waals surface area contributed by atoms with Gasteiger partial charge in [-0.3, -0.25) is 9.59 Å². The highest BCUT2D eigenvalue weighted by Gasteiger charge is 2.23. The van der Waals surface area contributed by atoms with E-state index in [0.717, 1.165) is 11.1 Å². The lowest BCUT2D eigenvalue weighted by molar-refractivity contribution is -0.147. The summed E-state index contributed by atoms with van der Waals surface area (Å²) in [4.78, 5) is 22.6. The maximum absolute atomic E-state index is 11.7. The van der Waals surface area contributed by atoms with Crippen molar-refractivity contribution in [3.63, 3.8) is 0 Å². The average molecular weight is 265 g/mol. The zero-order valence-corrected chi connectivity index (χ0v) is 11.4. The molecule has 0 bridgehead atoms. The first-order valence-electron chi connectivity index (χ1n) is 6.13. The van der Waals surface area contributed by atoms with Crippen LogP contribution in [0.2, 0.25) is 0 Å². The van der Waals surface area contributed by atoms with E-state index in [9.17, 15) is 9.59 Å². The Kier molecular flexibility index (Phi) is 5.36. The molecule has 5 nitrogen and oxygen atoms in total. The van der Waals surface area contributed by atoms with Gasteiger partial charge in [0.1, 0.15) is 11.7 Å². The Hall–Kier alpha value is -2.04. The van der Waals surface area contributed by atoms with Crippen molar-refractivity contribution in [2.45, 2.75) is 26.8 Å². The number of rotatable bonds is 6. The fourth-order valence-electron chi connectivity index (χ4n) is 1.82. The van der Waals surface area contributed by atoms with E-state index in [4.69, 9.17) is 9.84 Å². The molecule has 0 spiro atoms. The van der Waals surface area contributed by atoms with E-state index < -0.39 is 17.8 Å². The van der Waals surface area contributed by atoms with E-state index in [-0.39, 0.29) is 13.0 Å². The molecule has 1 amide bonds. The van der Waals surface area contributed by atoms with Gasteiger partial charge in [0.25, 0.3) is 0 Å². The standard InChI is InChI=1S/C14H19NO4/c1-4-11(14(17)18)13(16)15-8-10-7-9(2)5-6-12(10)19-3/h5-7,11H,4,8H2,1-3H3,(H,15,16)(H,17,18). The molecule has 0 heterocycles. The SMILES string of the molecule is CCC(C(=O)O)C(=O)NCc1cc(C)ccc1OC. The summed E-state index contributed by atoms with van der Waals surface area (Å²) in [6.07, 6.45) is 0.270. The van der Waals surface area contributed by atoms with Crippen molar-refractivity contribution in [1.29, 1.82) is 0 Å². The van der Waals surface area contributed by atoms with Crippen molar-refractivity contribution in [3.05, 3.63) is 29.3 Å². The Bertz CT molecular complexity index is 471. The van der Waals surface area contributed by atoms with Crippen LogP contribution in [0, 0.1) is 12.8 Å². The molecule has 0 saturated heterocycles. The molecular weight excluding hydrogens is 246 g/mol. The minimum atomic E-state index is -1.10. The summed E-state index contributed by atoms with van der Waals surface area (Å²) in [5.74, 6) is -1.90.